The number of thioether (sulfide) groups is 1. The minimum atomic E-state index is -0.389. The summed E-state index contributed by atoms with van der Waals surface area (Å²) < 4.78 is 11.2. The molecule has 6 nitrogen and oxygen atoms in total. The zero-order valence-electron chi connectivity index (χ0n) is 12.1. The van der Waals surface area contributed by atoms with Gasteiger partial charge in [0.1, 0.15) is 0 Å². The Bertz CT molecular complexity index is 700. The minimum Gasteiger partial charge on any atom is -0.493 e. The molecule has 1 aromatic rings. The summed E-state index contributed by atoms with van der Waals surface area (Å²) in [6, 6.07) is 3.55. The third kappa shape index (κ3) is 3.69. The molecular formula is C14H13BrN2O4S. The van der Waals surface area contributed by atoms with Crippen molar-refractivity contribution in [2.75, 3.05) is 14.2 Å². The highest BCUT2D eigenvalue weighted by Crippen LogP contribution is 2.37. The summed E-state index contributed by atoms with van der Waals surface area (Å²) in [5, 5.41) is 2.78. The summed E-state index contributed by atoms with van der Waals surface area (Å²) in [4.78, 5) is 27.0. The molecule has 0 radical (unpaired) electrons. The summed E-state index contributed by atoms with van der Waals surface area (Å²) >= 11 is 4.51. The zero-order valence-corrected chi connectivity index (χ0v) is 14.5. The van der Waals surface area contributed by atoms with Gasteiger partial charge in [-0.25, -0.2) is 0 Å². The van der Waals surface area contributed by atoms with Crippen LogP contribution in [-0.4, -0.2) is 31.2 Å². The van der Waals surface area contributed by atoms with Gasteiger partial charge in [0.05, 0.1) is 23.6 Å². The van der Waals surface area contributed by atoms with Crippen LogP contribution in [0.1, 0.15) is 12.5 Å². The Labute approximate surface area is 140 Å². The van der Waals surface area contributed by atoms with Crippen molar-refractivity contribution in [3.05, 3.63) is 27.1 Å². The molecule has 2 amide bonds. The predicted molar refractivity (Wildman–Crippen MR) is 89.1 cm³/mol. The van der Waals surface area contributed by atoms with Gasteiger partial charge in [-0.2, -0.15) is 4.99 Å². The van der Waals surface area contributed by atoms with Gasteiger partial charge in [0, 0.05) is 6.92 Å². The van der Waals surface area contributed by atoms with Crippen molar-refractivity contribution in [1.29, 1.82) is 0 Å². The van der Waals surface area contributed by atoms with Crippen molar-refractivity contribution in [3.8, 4) is 11.5 Å². The number of rotatable bonds is 3. The molecule has 1 aliphatic heterocycles. The summed E-state index contributed by atoms with van der Waals surface area (Å²) in [6.45, 7) is 1.36. The van der Waals surface area contributed by atoms with Gasteiger partial charge in [-0.3, -0.25) is 9.59 Å². The highest BCUT2D eigenvalue weighted by molar-refractivity contribution is 9.10. The predicted octanol–water partition coefficient (Wildman–Crippen LogP) is 2.57. The molecule has 1 N–H and O–H groups in total. The van der Waals surface area contributed by atoms with Gasteiger partial charge < -0.3 is 14.8 Å². The Hall–Kier alpha value is -1.80. The molecule has 0 saturated heterocycles. The van der Waals surface area contributed by atoms with E-state index in [-0.39, 0.29) is 17.0 Å². The third-order valence-corrected chi connectivity index (χ3v) is 4.15. The van der Waals surface area contributed by atoms with Crippen molar-refractivity contribution in [2.45, 2.75) is 6.92 Å². The fourth-order valence-electron chi connectivity index (χ4n) is 1.79. The molecule has 0 fully saturated rings. The van der Waals surface area contributed by atoms with Crippen molar-refractivity contribution < 1.29 is 19.1 Å². The van der Waals surface area contributed by atoms with E-state index in [1.165, 1.54) is 14.0 Å². The van der Waals surface area contributed by atoms with E-state index in [0.717, 1.165) is 17.3 Å². The summed E-state index contributed by atoms with van der Waals surface area (Å²) in [5.74, 6) is 0.459. The molecule has 1 heterocycles. The number of carbonyl (C=O) groups is 2. The largest absolute Gasteiger partial charge is 0.493 e. The molecule has 116 valence electrons. The van der Waals surface area contributed by atoms with Gasteiger partial charge in [-0.05, 0) is 51.5 Å². The lowest BCUT2D eigenvalue weighted by molar-refractivity contribution is -0.117. The number of methoxy groups -OCH3 is 2. The lowest BCUT2D eigenvalue weighted by atomic mass is 10.2. The molecule has 2 rings (SSSR count). The number of amides is 2. The normalized spacial score (nSPS) is 15.7. The molecule has 1 aliphatic rings. The Morgan fingerprint density at radius 2 is 2.09 bits per heavy atom. The van der Waals surface area contributed by atoms with E-state index in [1.807, 2.05) is 0 Å². The average Bonchev–Trinajstić information content (AvgIpc) is 2.77. The fraction of sp³-hybridized carbons (Fsp3) is 0.214. The molecule has 8 heteroatoms. The van der Waals surface area contributed by atoms with E-state index in [0.29, 0.717) is 20.9 Å². The lowest BCUT2D eigenvalue weighted by Gasteiger charge is -2.10. The van der Waals surface area contributed by atoms with Gasteiger partial charge in [0.25, 0.3) is 5.91 Å². The number of nitrogens with one attached hydrogen (secondary N) is 1. The second kappa shape index (κ2) is 6.97. The van der Waals surface area contributed by atoms with Crippen LogP contribution < -0.4 is 14.8 Å². The Kier molecular flexibility index (Phi) is 5.25. The maximum atomic E-state index is 11.8. The maximum Gasteiger partial charge on any atom is 0.286 e. The topological polar surface area (TPSA) is 77.0 Å². The van der Waals surface area contributed by atoms with Gasteiger partial charge >= 0.3 is 0 Å². The van der Waals surface area contributed by atoms with E-state index in [2.05, 4.69) is 26.2 Å². The van der Waals surface area contributed by atoms with E-state index in [1.54, 1.807) is 25.3 Å². The van der Waals surface area contributed by atoms with Crippen molar-refractivity contribution in [1.82, 2.24) is 5.32 Å². The number of nitrogens with zero attached hydrogens (tertiary/aromatic N) is 1. The van der Waals surface area contributed by atoms with E-state index in [4.69, 9.17) is 9.47 Å². The van der Waals surface area contributed by atoms with Crippen LogP contribution in [0.4, 0.5) is 0 Å². The first-order chi connectivity index (χ1) is 10.4. The molecule has 0 unspecified atom stereocenters. The first-order valence-electron chi connectivity index (χ1n) is 6.16. The second-order valence-electron chi connectivity index (χ2n) is 4.25. The first kappa shape index (κ1) is 16.6. The Balaban J connectivity index is 2.29. The number of carbonyl (C=O) groups excluding carboxylic acids is 2. The van der Waals surface area contributed by atoms with Crippen LogP contribution in [0.3, 0.4) is 0 Å². The van der Waals surface area contributed by atoms with Crippen LogP contribution in [0.5, 0.6) is 11.5 Å². The number of hydrogen-bond donors (Lipinski definition) is 1. The number of hydrogen-bond acceptors (Lipinski definition) is 5. The molecule has 0 bridgehead atoms. The summed E-state index contributed by atoms with van der Waals surface area (Å²) in [7, 11) is 3.08. The zero-order chi connectivity index (χ0) is 16.3. The number of aliphatic imine (C=N–C) groups is 1. The van der Waals surface area contributed by atoms with Crippen LogP contribution in [-0.2, 0) is 9.59 Å². The summed E-state index contributed by atoms with van der Waals surface area (Å²) in [5.41, 5.74) is 0.750. The maximum absolute atomic E-state index is 11.8. The standard InChI is InChI=1S/C14H13BrN2O4S/c1-7(18)16-14-17-13(19)11(22-14)6-8-4-9(15)12(21-3)10(5-8)20-2/h4-6H,1-3H3,(H,16,17,18,19)/b11-6-. The van der Waals surface area contributed by atoms with E-state index >= 15 is 0 Å². The quantitative estimate of drug-likeness (QED) is 0.810. The first-order valence-corrected chi connectivity index (χ1v) is 7.77. The van der Waals surface area contributed by atoms with Gasteiger partial charge in [-0.1, -0.05) is 0 Å². The number of ether oxygens (including phenoxy) is 2. The van der Waals surface area contributed by atoms with Gasteiger partial charge in [0.15, 0.2) is 16.7 Å². The van der Waals surface area contributed by atoms with Gasteiger partial charge in [0.2, 0.25) is 5.91 Å². The van der Waals surface area contributed by atoms with Crippen LogP contribution >= 0.6 is 27.7 Å². The van der Waals surface area contributed by atoms with Crippen LogP contribution in [0.15, 0.2) is 26.5 Å². The molecule has 1 aromatic carbocycles. The van der Waals surface area contributed by atoms with E-state index < -0.39 is 0 Å². The van der Waals surface area contributed by atoms with Crippen molar-refractivity contribution in [2.24, 2.45) is 4.99 Å². The molecule has 0 saturated carbocycles. The lowest BCUT2D eigenvalue weighted by Crippen LogP contribution is -2.23. The fourth-order valence-corrected chi connectivity index (χ4v) is 3.27. The van der Waals surface area contributed by atoms with Crippen molar-refractivity contribution >= 4 is 50.7 Å². The van der Waals surface area contributed by atoms with Gasteiger partial charge in [-0.15, -0.1) is 0 Å². The molecule has 0 aliphatic carbocycles. The molecule has 0 atom stereocenters. The minimum absolute atomic E-state index is 0.269. The van der Waals surface area contributed by atoms with Crippen molar-refractivity contribution in [3.63, 3.8) is 0 Å². The number of halogens is 1. The smallest absolute Gasteiger partial charge is 0.286 e. The monoisotopic (exact) mass is 384 g/mol. The molecule has 22 heavy (non-hydrogen) atoms. The Morgan fingerprint density at radius 3 is 2.68 bits per heavy atom. The number of benzene rings is 1. The highest BCUT2D eigenvalue weighted by Gasteiger charge is 2.22. The third-order valence-electron chi connectivity index (χ3n) is 2.66. The number of amidine groups is 1. The molecular weight excluding hydrogens is 372 g/mol. The SMILES string of the molecule is COc1cc(/C=C2\SC(NC(C)=O)=NC2=O)cc(Br)c1OC. The highest BCUT2D eigenvalue weighted by atomic mass is 79.9. The molecule has 0 aromatic heterocycles. The molecule has 0 spiro atoms. The van der Waals surface area contributed by atoms with Crippen LogP contribution in [0.2, 0.25) is 0 Å². The second-order valence-corrected chi connectivity index (χ2v) is 6.14. The van der Waals surface area contributed by atoms with E-state index in [9.17, 15) is 9.59 Å². The van der Waals surface area contributed by atoms with Crippen LogP contribution in [0, 0.1) is 0 Å². The Morgan fingerprint density at radius 1 is 1.36 bits per heavy atom. The summed E-state index contributed by atoms with van der Waals surface area (Å²) in [6.07, 6.45) is 1.68. The van der Waals surface area contributed by atoms with Crippen LogP contribution in [0.25, 0.3) is 6.08 Å². The average molecular weight is 385 g/mol.